The third kappa shape index (κ3) is 3.59. The molecule has 0 fully saturated rings. The van der Waals surface area contributed by atoms with Gasteiger partial charge in [-0.05, 0) is 43.7 Å². The van der Waals surface area contributed by atoms with Crippen LogP contribution in [-0.2, 0) is 15.8 Å². The summed E-state index contributed by atoms with van der Waals surface area (Å²) in [5.74, 6) is -1.85. The number of benzene rings is 2. The normalized spacial score (nSPS) is 14.9. The molecule has 9 heteroatoms. The van der Waals surface area contributed by atoms with Crippen LogP contribution in [0.1, 0.15) is 16.7 Å². The molecule has 0 bridgehead atoms. The van der Waals surface area contributed by atoms with Gasteiger partial charge in [0.1, 0.15) is 10.7 Å². The lowest BCUT2D eigenvalue weighted by Crippen LogP contribution is -2.32. The zero-order chi connectivity index (χ0) is 20.8. The number of aryl methyl sites for hydroxylation is 2. The van der Waals surface area contributed by atoms with Gasteiger partial charge in [-0.3, -0.25) is 9.59 Å². The summed E-state index contributed by atoms with van der Waals surface area (Å²) in [7, 11) is 0. The number of rotatable bonds is 3. The van der Waals surface area contributed by atoms with Gasteiger partial charge in [-0.2, -0.15) is 13.2 Å². The molecule has 2 aromatic rings. The molecule has 2 aromatic carbocycles. The number of nitrogens with one attached hydrogen (secondary N) is 1. The molecule has 28 heavy (non-hydrogen) atoms. The van der Waals surface area contributed by atoms with Crippen LogP contribution in [0.2, 0.25) is 5.02 Å². The van der Waals surface area contributed by atoms with Crippen molar-refractivity contribution in [1.29, 1.82) is 0 Å². The van der Waals surface area contributed by atoms with Gasteiger partial charge in [0.15, 0.2) is 0 Å². The second-order valence-corrected chi connectivity index (χ2v) is 7.03. The van der Waals surface area contributed by atoms with E-state index in [1.807, 2.05) is 13.0 Å². The second kappa shape index (κ2) is 7.14. The molecule has 2 amide bonds. The van der Waals surface area contributed by atoms with E-state index in [1.165, 1.54) is 0 Å². The molecule has 0 aliphatic carbocycles. The molecule has 0 unspecified atom stereocenters. The van der Waals surface area contributed by atoms with E-state index in [0.717, 1.165) is 23.3 Å². The maximum Gasteiger partial charge on any atom is 0.416 e. The molecule has 1 heterocycles. The molecule has 3 rings (SSSR count). The summed E-state index contributed by atoms with van der Waals surface area (Å²) in [6.45, 7) is 3.69. The average molecular weight is 429 g/mol. The Morgan fingerprint density at radius 1 is 0.964 bits per heavy atom. The van der Waals surface area contributed by atoms with Crippen molar-refractivity contribution in [3.63, 3.8) is 0 Å². The summed E-state index contributed by atoms with van der Waals surface area (Å²) in [6, 6.07) is 7.75. The molecule has 1 N–H and O–H groups in total. The van der Waals surface area contributed by atoms with E-state index in [9.17, 15) is 22.8 Å². The largest absolute Gasteiger partial charge is 0.416 e. The first-order valence-corrected chi connectivity index (χ1v) is 8.76. The fourth-order valence-corrected chi connectivity index (χ4v) is 3.19. The van der Waals surface area contributed by atoms with Crippen molar-refractivity contribution in [2.45, 2.75) is 20.0 Å². The highest BCUT2D eigenvalue weighted by atomic mass is 35.5. The van der Waals surface area contributed by atoms with Gasteiger partial charge in [0.25, 0.3) is 11.8 Å². The van der Waals surface area contributed by atoms with Gasteiger partial charge in [0.2, 0.25) is 0 Å². The Labute approximate surface area is 168 Å². The van der Waals surface area contributed by atoms with Gasteiger partial charge in [0.05, 0.1) is 16.3 Å². The first-order valence-electron chi connectivity index (χ1n) is 8.00. The maximum atomic E-state index is 13.0. The molecule has 0 aromatic heterocycles. The molecule has 0 saturated carbocycles. The molecule has 0 saturated heterocycles. The van der Waals surface area contributed by atoms with Gasteiger partial charge in [-0.1, -0.05) is 40.9 Å². The van der Waals surface area contributed by atoms with Gasteiger partial charge in [0, 0.05) is 5.69 Å². The third-order valence-electron chi connectivity index (χ3n) is 4.18. The summed E-state index contributed by atoms with van der Waals surface area (Å²) in [5.41, 5.74) is 0.674. The number of hydrogen-bond acceptors (Lipinski definition) is 3. The number of alkyl halides is 3. The molecule has 0 radical (unpaired) electrons. The lowest BCUT2D eigenvalue weighted by Gasteiger charge is -2.18. The topological polar surface area (TPSA) is 49.4 Å². The van der Waals surface area contributed by atoms with Crippen LogP contribution in [0, 0.1) is 13.8 Å². The van der Waals surface area contributed by atoms with Crippen molar-refractivity contribution in [1.82, 2.24) is 0 Å². The van der Waals surface area contributed by atoms with Crippen LogP contribution in [0.4, 0.5) is 24.5 Å². The van der Waals surface area contributed by atoms with Crippen molar-refractivity contribution in [3.05, 3.63) is 68.8 Å². The SMILES string of the molecule is Cc1ccc(NC2=C(Cl)C(=O)N(c3cc(C(F)(F)F)ccc3Cl)C2=O)c(C)c1. The summed E-state index contributed by atoms with van der Waals surface area (Å²) in [6.07, 6.45) is -4.66. The highest BCUT2D eigenvalue weighted by molar-refractivity contribution is 6.53. The lowest BCUT2D eigenvalue weighted by molar-refractivity contribution is -0.137. The van der Waals surface area contributed by atoms with Crippen molar-refractivity contribution in [2.75, 3.05) is 10.2 Å². The van der Waals surface area contributed by atoms with E-state index in [-0.39, 0.29) is 16.4 Å². The highest BCUT2D eigenvalue weighted by Crippen LogP contribution is 2.39. The lowest BCUT2D eigenvalue weighted by atomic mass is 10.1. The van der Waals surface area contributed by atoms with Gasteiger partial charge in [-0.25, -0.2) is 4.90 Å². The number of anilines is 2. The zero-order valence-electron chi connectivity index (χ0n) is 14.6. The van der Waals surface area contributed by atoms with E-state index < -0.39 is 28.6 Å². The van der Waals surface area contributed by atoms with Gasteiger partial charge < -0.3 is 5.32 Å². The fourth-order valence-electron chi connectivity index (χ4n) is 2.78. The van der Waals surface area contributed by atoms with Crippen LogP contribution in [0.25, 0.3) is 0 Å². The minimum atomic E-state index is -4.66. The number of carbonyl (C=O) groups is 2. The molecule has 1 aliphatic rings. The Morgan fingerprint density at radius 2 is 1.64 bits per heavy atom. The molecule has 4 nitrogen and oxygen atoms in total. The molecule has 0 spiro atoms. The number of amides is 2. The number of carbonyl (C=O) groups excluding carboxylic acids is 2. The third-order valence-corrected chi connectivity index (χ3v) is 4.85. The molecular weight excluding hydrogens is 416 g/mol. The van der Waals surface area contributed by atoms with Gasteiger partial charge in [-0.15, -0.1) is 0 Å². The molecule has 146 valence electrons. The maximum absolute atomic E-state index is 13.0. The van der Waals surface area contributed by atoms with Crippen LogP contribution >= 0.6 is 23.2 Å². The van der Waals surface area contributed by atoms with Crippen LogP contribution in [0.15, 0.2) is 47.1 Å². The number of hydrogen-bond donors (Lipinski definition) is 1. The minimum Gasteiger partial charge on any atom is -0.349 e. The first kappa shape index (κ1) is 20.2. The van der Waals surface area contributed by atoms with E-state index in [1.54, 1.807) is 19.1 Å². The van der Waals surface area contributed by atoms with Crippen molar-refractivity contribution in [2.24, 2.45) is 0 Å². The number of halogens is 5. The van der Waals surface area contributed by atoms with Crippen LogP contribution in [0.3, 0.4) is 0 Å². The zero-order valence-corrected chi connectivity index (χ0v) is 16.1. The Morgan fingerprint density at radius 3 is 2.25 bits per heavy atom. The first-order chi connectivity index (χ1) is 13.0. The average Bonchev–Trinajstić information content (AvgIpc) is 2.80. The smallest absolute Gasteiger partial charge is 0.349 e. The summed E-state index contributed by atoms with van der Waals surface area (Å²) in [4.78, 5) is 25.8. The number of nitrogens with zero attached hydrogens (tertiary/aromatic N) is 1. The standard InChI is InChI=1S/C19H13Cl2F3N2O2/c1-9-3-6-13(10(2)7-9)25-16-15(21)17(27)26(18(16)28)14-8-11(19(22,23)24)4-5-12(14)20/h3-8,25H,1-2H3. The van der Waals surface area contributed by atoms with Crippen molar-refractivity contribution >= 4 is 46.4 Å². The van der Waals surface area contributed by atoms with Crippen molar-refractivity contribution < 1.29 is 22.8 Å². The summed E-state index contributed by atoms with van der Waals surface area (Å²) in [5, 5.41) is 2.18. The van der Waals surface area contributed by atoms with E-state index in [4.69, 9.17) is 23.2 Å². The second-order valence-electron chi connectivity index (χ2n) is 6.24. The minimum absolute atomic E-state index is 0.188. The van der Waals surface area contributed by atoms with E-state index in [2.05, 4.69) is 5.32 Å². The Bertz CT molecular complexity index is 1030. The predicted octanol–water partition coefficient (Wildman–Crippen LogP) is 5.41. The Hall–Kier alpha value is -2.51. The van der Waals surface area contributed by atoms with E-state index >= 15 is 0 Å². The summed E-state index contributed by atoms with van der Waals surface area (Å²) < 4.78 is 39.1. The molecule has 1 aliphatic heterocycles. The summed E-state index contributed by atoms with van der Waals surface area (Å²) >= 11 is 12.0. The predicted molar refractivity (Wildman–Crippen MR) is 101 cm³/mol. The highest BCUT2D eigenvalue weighted by Gasteiger charge is 2.41. The molecule has 0 atom stereocenters. The molecular formula is C19H13Cl2F3N2O2. The Kier molecular flexibility index (Phi) is 5.16. The van der Waals surface area contributed by atoms with E-state index in [0.29, 0.717) is 16.7 Å². The quantitative estimate of drug-likeness (QED) is 0.664. The van der Waals surface area contributed by atoms with Crippen LogP contribution < -0.4 is 10.2 Å². The number of imide groups is 1. The van der Waals surface area contributed by atoms with Crippen molar-refractivity contribution in [3.8, 4) is 0 Å². The Balaban J connectivity index is 2.00. The van der Waals surface area contributed by atoms with Gasteiger partial charge >= 0.3 is 6.18 Å². The fraction of sp³-hybridized carbons (Fsp3) is 0.158. The monoisotopic (exact) mass is 428 g/mol. The van der Waals surface area contributed by atoms with Crippen LogP contribution in [-0.4, -0.2) is 11.8 Å². The van der Waals surface area contributed by atoms with Crippen LogP contribution in [0.5, 0.6) is 0 Å².